The molecule has 0 amide bonds. The van der Waals surface area contributed by atoms with E-state index in [-0.39, 0.29) is 12.4 Å². The Morgan fingerprint density at radius 2 is 1.96 bits per heavy atom. The number of anilines is 2. The molecule has 0 radical (unpaired) electrons. The minimum Gasteiger partial charge on any atom is -0.391 e. The van der Waals surface area contributed by atoms with Crippen LogP contribution in [0.1, 0.15) is 10.4 Å². The van der Waals surface area contributed by atoms with E-state index in [1.165, 1.54) is 0 Å². The zero-order valence-corrected chi connectivity index (χ0v) is 12.9. The molecule has 0 aliphatic heterocycles. The quantitative estimate of drug-likeness (QED) is 0.746. The van der Waals surface area contributed by atoms with Crippen molar-refractivity contribution in [1.29, 1.82) is 0 Å². The third-order valence-corrected chi connectivity index (χ3v) is 4.03. The van der Waals surface area contributed by atoms with Gasteiger partial charge in [0, 0.05) is 12.4 Å². The van der Waals surface area contributed by atoms with Gasteiger partial charge >= 0.3 is 6.18 Å². The van der Waals surface area contributed by atoms with Gasteiger partial charge in [0.15, 0.2) is 5.13 Å². The van der Waals surface area contributed by atoms with Gasteiger partial charge in [-0.1, -0.05) is 17.4 Å². The Morgan fingerprint density at radius 3 is 2.62 bits per heavy atom. The van der Waals surface area contributed by atoms with Crippen molar-refractivity contribution in [2.45, 2.75) is 12.8 Å². The molecule has 3 aromatic rings. The lowest BCUT2D eigenvalue weighted by Gasteiger charge is -2.08. The number of rotatable bonds is 4. The molecule has 3 rings (SSSR count). The number of pyridine rings is 2. The van der Waals surface area contributed by atoms with E-state index in [1.807, 2.05) is 0 Å². The largest absolute Gasteiger partial charge is 0.416 e. The topological polar surface area (TPSA) is 70.9 Å². The average Bonchev–Trinajstić information content (AvgIpc) is 2.98. The van der Waals surface area contributed by atoms with Crippen molar-refractivity contribution in [2.75, 3.05) is 5.32 Å². The van der Waals surface area contributed by atoms with E-state index in [2.05, 4.69) is 20.3 Å². The number of alkyl halides is 3. The molecule has 0 spiro atoms. The fourth-order valence-electron chi connectivity index (χ4n) is 2.00. The molecule has 0 aliphatic carbocycles. The first-order chi connectivity index (χ1) is 11.5. The highest BCUT2D eigenvalue weighted by Gasteiger charge is 2.30. The van der Waals surface area contributed by atoms with Crippen molar-refractivity contribution in [2.24, 2.45) is 0 Å². The molecule has 0 saturated heterocycles. The molecule has 0 unspecified atom stereocenters. The second-order valence-electron chi connectivity index (χ2n) is 4.72. The summed E-state index contributed by atoms with van der Waals surface area (Å²) in [6.45, 7) is -0.249. The summed E-state index contributed by atoms with van der Waals surface area (Å²) >= 11 is 1.13. The van der Waals surface area contributed by atoms with Gasteiger partial charge in [0.2, 0.25) is 0 Å². The predicted molar refractivity (Wildman–Crippen MR) is 83.8 cm³/mol. The van der Waals surface area contributed by atoms with E-state index >= 15 is 0 Å². The number of hydrogen-bond donors (Lipinski definition) is 2. The van der Waals surface area contributed by atoms with Crippen LogP contribution >= 0.6 is 11.3 Å². The molecule has 24 heavy (non-hydrogen) atoms. The number of aliphatic hydroxyl groups excluding tert-OH is 1. The van der Waals surface area contributed by atoms with Crippen LogP contribution in [0.3, 0.4) is 0 Å². The number of aliphatic hydroxyl groups is 1. The SMILES string of the molecule is OCc1sc(Nc2cc(C(F)(F)F)ccn2)nc1-c1ccccn1. The first-order valence-electron chi connectivity index (χ1n) is 6.79. The molecular weight excluding hydrogens is 341 g/mol. The van der Waals surface area contributed by atoms with Crippen LogP contribution in [-0.4, -0.2) is 20.1 Å². The van der Waals surface area contributed by atoms with Gasteiger partial charge in [-0.15, -0.1) is 0 Å². The molecule has 0 bridgehead atoms. The molecule has 0 fully saturated rings. The lowest BCUT2D eigenvalue weighted by molar-refractivity contribution is -0.137. The van der Waals surface area contributed by atoms with Crippen molar-refractivity contribution < 1.29 is 18.3 Å². The molecule has 5 nitrogen and oxygen atoms in total. The highest BCUT2D eigenvalue weighted by Crippen LogP contribution is 2.33. The van der Waals surface area contributed by atoms with E-state index in [9.17, 15) is 18.3 Å². The standard InChI is InChI=1S/C15H11F3N4OS/c16-15(17,18)9-4-6-20-12(7-9)21-14-22-13(11(8-23)24-14)10-3-1-2-5-19-10/h1-7,23H,8H2,(H,20,21,22). The van der Waals surface area contributed by atoms with Crippen molar-refractivity contribution in [3.05, 3.63) is 53.2 Å². The molecule has 2 N–H and O–H groups in total. The zero-order chi connectivity index (χ0) is 17.2. The second kappa shape index (κ2) is 6.54. The van der Waals surface area contributed by atoms with Crippen molar-refractivity contribution in [1.82, 2.24) is 15.0 Å². The molecule has 0 saturated carbocycles. The van der Waals surface area contributed by atoms with Crippen molar-refractivity contribution in [3.8, 4) is 11.4 Å². The van der Waals surface area contributed by atoms with Gasteiger partial charge < -0.3 is 10.4 Å². The Hall–Kier alpha value is -2.52. The van der Waals surface area contributed by atoms with Gasteiger partial charge in [-0.05, 0) is 24.3 Å². The first-order valence-corrected chi connectivity index (χ1v) is 7.61. The highest BCUT2D eigenvalue weighted by molar-refractivity contribution is 7.16. The van der Waals surface area contributed by atoms with Crippen LogP contribution in [0.5, 0.6) is 0 Å². The molecule has 3 heterocycles. The summed E-state index contributed by atoms with van der Waals surface area (Å²) in [5.74, 6) is 0.0237. The van der Waals surface area contributed by atoms with Crippen LogP contribution in [-0.2, 0) is 12.8 Å². The van der Waals surface area contributed by atoms with Gasteiger partial charge in [0.1, 0.15) is 11.5 Å². The van der Waals surface area contributed by atoms with Crippen LogP contribution < -0.4 is 5.32 Å². The average molecular weight is 352 g/mol. The van der Waals surface area contributed by atoms with E-state index in [1.54, 1.807) is 24.4 Å². The summed E-state index contributed by atoms with van der Waals surface area (Å²) < 4.78 is 38.2. The minimum atomic E-state index is -4.45. The summed E-state index contributed by atoms with van der Waals surface area (Å²) in [5, 5.41) is 12.5. The second-order valence-corrected chi connectivity index (χ2v) is 5.80. The smallest absolute Gasteiger partial charge is 0.391 e. The molecule has 0 aliphatic rings. The summed E-state index contributed by atoms with van der Waals surface area (Å²) in [7, 11) is 0. The number of thiazole rings is 1. The normalized spacial score (nSPS) is 11.5. The van der Waals surface area contributed by atoms with Crippen molar-refractivity contribution >= 4 is 22.3 Å². The minimum absolute atomic E-state index is 0.0237. The molecule has 9 heteroatoms. The number of hydrogen-bond acceptors (Lipinski definition) is 6. The van der Waals surface area contributed by atoms with E-state index in [0.29, 0.717) is 21.4 Å². The van der Waals surface area contributed by atoms with Gasteiger partial charge in [-0.25, -0.2) is 9.97 Å². The third-order valence-electron chi connectivity index (χ3n) is 3.07. The molecule has 0 aromatic carbocycles. The molecule has 3 aromatic heterocycles. The maximum atomic E-state index is 12.7. The van der Waals surface area contributed by atoms with Gasteiger partial charge in [-0.2, -0.15) is 13.2 Å². The Morgan fingerprint density at radius 1 is 1.12 bits per heavy atom. The Bertz CT molecular complexity index is 836. The van der Waals surface area contributed by atoms with Crippen LogP contribution in [0.2, 0.25) is 0 Å². The number of nitrogens with one attached hydrogen (secondary N) is 1. The van der Waals surface area contributed by atoms with Gasteiger partial charge in [-0.3, -0.25) is 4.98 Å². The Kier molecular flexibility index (Phi) is 4.45. The maximum Gasteiger partial charge on any atom is 0.416 e. The lowest BCUT2D eigenvalue weighted by atomic mass is 10.2. The molecule has 0 atom stereocenters. The predicted octanol–water partition coefficient (Wildman–Crippen LogP) is 3.85. The lowest BCUT2D eigenvalue weighted by Crippen LogP contribution is -2.06. The Labute approximate surface area is 138 Å². The maximum absolute atomic E-state index is 12.7. The van der Waals surface area contributed by atoms with Crippen molar-refractivity contribution in [3.63, 3.8) is 0 Å². The number of halogens is 3. The summed E-state index contributed by atoms with van der Waals surface area (Å²) in [4.78, 5) is 12.9. The fourth-order valence-corrected chi connectivity index (χ4v) is 2.84. The van der Waals surface area contributed by atoms with Crippen LogP contribution in [0.4, 0.5) is 24.1 Å². The third kappa shape index (κ3) is 3.52. The van der Waals surface area contributed by atoms with E-state index < -0.39 is 11.7 Å². The summed E-state index contributed by atoms with van der Waals surface area (Å²) in [6, 6.07) is 7.07. The van der Waals surface area contributed by atoms with Gasteiger partial charge in [0.05, 0.1) is 22.7 Å². The molecular formula is C15H11F3N4OS. The number of aromatic nitrogens is 3. The summed E-state index contributed by atoms with van der Waals surface area (Å²) in [5.41, 5.74) is 0.254. The van der Waals surface area contributed by atoms with Crippen LogP contribution in [0, 0.1) is 0 Å². The van der Waals surface area contributed by atoms with E-state index in [4.69, 9.17) is 0 Å². The van der Waals surface area contributed by atoms with E-state index in [0.717, 1.165) is 29.7 Å². The van der Waals surface area contributed by atoms with Crippen LogP contribution in [0.15, 0.2) is 42.7 Å². The highest BCUT2D eigenvalue weighted by atomic mass is 32.1. The number of nitrogens with zero attached hydrogens (tertiary/aromatic N) is 3. The van der Waals surface area contributed by atoms with Crippen LogP contribution in [0.25, 0.3) is 11.4 Å². The monoisotopic (exact) mass is 352 g/mol. The molecule has 124 valence electrons. The fraction of sp³-hybridized carbons (Fsp3) is 0.133. The first kappa shape index (κ1) is 16.3. The zero-order valence-electron chi connectivity index (χ0n) is 12.1. The van der Waals surface area contributed by atoms with Gasteiger partial charge in [0.25, 0.3) is 0 Å². The Balaban J connectivity index is 1.90. The summed E-state index contributed by atoms with van der Waals surface area (Å²) in [6.07, 6.45) is -1.78.